The van der Waals surface area contributed by atoms with E-state index in [9.17, 15) is 10.1 Å². The number of hydrogen-bond donors (Lipinski definition) is 0. The largest absolute Gasteiger partial charge is 0.341 e. The molecule has 1 aromatic carbocycles. The lowest BCUT2D eigenvalue weighted by molar-refractivity contribution is -0.132. The van der Waals surface area contributed by atoms with Crippen molar-refractivity contribution in [2.75, 3.05) is 13.1 Å². The molecule has 1 aromatic rings. The summed E-state index contributed by atoms with van der Waals surface area (Å²) in [6.07, 6.45) is 7.16. The maximum atomic E-state index is 12.6. The normalized spacial score (nSPS) is 24.5. The highest BCUT2D eigenvalue weighted by atomic mass is 16.2. The highest BCUT2D eigenvalue weighted by Crippen LogP contribution is 2.29. The Morgan fingerprint density at radius 3 is 2.82 bits per heavy atom. The van der Waals surface area contributed by atoms with Crippen molar-refractivity contribution in [3.8, 4) is 6.07 Å². The van der Waals surface area contributed by atoms with Crippen LogP contribution in [0.4, 0.5) is 0 Å². The molecule has 1 heterocycles. The fourth-order valence-corrected chi connectivity index (χ4v) is 3.73. The zero-order chi connectivity index (χ0) is 15.6. The number of amides is 1. The molecule has 0 saturated carbocycles. The van der Waals surface area contributed by atoms with Gasteiger partial charge >= 0.3 is 0 Å². The van der Waals surface area contributed by atoms with Crippen molar-refractivity contribution in [1.82, 2.24) is 4.90 Å². The number of fused-ring (bicyclic) bond motifs is 1. The predicted molar refractivity (Wildman–Crippen MR) is 86.3 cm³/mol. The first-order chi connectivity index (χ1) is 10.6. The van der Waals surface area contributed by atoms with Crippen LogP contribution < -0.4 is 0 Å². The zero-order valence-corrected chi connectivity index (χ0v) is 13.4. The number of rotatable bonds is 2. The van der Waals surface area contributed by atoms with Gasteiger partial charge in [-0.05, 0) is 62.1 Å². The van der Waals surface area contributed by atoms with Crippen LogP contribution in [0.15, 0.2) is 18.2 Å². The van der Waals surface area contributed by atoms with Gasteiger partial charge in [0.2, 0.25) is 5.91 Å². The molecule has 1 saturated heterocycles. The fraction of sp³-hybridized carbons (Fsp3) is 0.579. The molecule has 3 rings (SSSR count). The van der Waals surface area contributed by atoms with E-state index in [1.165, 1.54) is 30.4 Å². The topological polar surface area (TPSA) is 44.1 Å². The monoisotopic (exact) mass is 296 g/mol. The highest BCUT2D eigenvalue weighted by molar-refractivity contribution is 5.79. The van der Waals surface area contributed by atoms with Gasteiger partial charge in [0.25, 0.3) is 0 Å². The van der Waals surface area contributed by atoms with Crippen LogP contribution in [0.1, 0.15) is 49.3 Å². The first kappa shape index (κ1) is 15.1. The van der Waals surface area contributed by atoms with Crippen LogP contribution in [0.5, 0.6) is 0 Å². The Kier molecular flexibility index (Phi) is 4.20. The van der Waals surface area contributed by atoms with Gasteiger partial charge in [-0.25, -0.2) is 0 Å². The van der Waals surface area contributed by atoms with E-state index in [1.54, 1.807) is 0 Å². The maximum Gasteiger partial charge on any atom is 0.227 e. The van der Waals surface area contributed by atoms with Gasteiger partial charge in [0.15, 0.2) is 0 Å². The third-order valence-electron chi connectivity index (χ3n) is 5.09. The van der Waals surface area contributed by atoms with Crippen molar-refractivity contribution < 1.29 is 4.79 Å². The van der Waals surface area contributed by atoms with Crippen molar-refractivity contribution >= 4 is 5.91 Å². The smallest absolute Gasteiger partial charge is 0.227 e. The van der Waals surface area contributed by atoms with Crippen molar-refractivity contribution in [3.05, 3.63) is 34.9 Å². The first-order valence-corrected chi connectivity index (χ1v) is 8.39. The maximum absolute atomic E-state index is 12.6. The van der Waals surface area contributed by atoms with E-state index in [1.807, 2.05) is 11.8 Å². The molecule has 22 heavy (non-hydrogen) atoms. The summed E-state index contributed by atoms with van der Waals surface area (Å²) in [4.78, 5) is 14.4. The Morgan fingerprint density at radius 1 is 1.27 bits per heavy atom. The van der Waals surface area contributed by atoms with E-state index in [-0.39, 0.29) is 11.3 Å². The molecule has 0 aromatic heterocycles. The SMILES string of the molecule is C[C@]1(C#N)CCCN(C(=O)Cc2ccc3c(c2)CCCC3)C1. The van der Waals surface area contributed by atoms with Crippen LogP contribution in [-0.4, -0.2) is 23.9 Å². The molecule has 0 unspecified atom stereocenters. The van der Waals surface area contributed by atoms with Gasteiger partial charge in [-0.3, -0.25) is 4.79 Å². The number of nitrogens with zero attached hydrogens (tertiary/aromatic N) is 2. The van der Waals surface area contributed by atoms with E-state index in [2.05, 4.69) is 24.3 Å². The number of carbonyl (C=O) groups is 1. The van der Waals surface area contributed by atoms with E-state index < -0.39 is 0 Å². The molecule has 1 aliphatic heterocycles. The van der Waals surface area contributed by atoms with Gasteiger partial charge < -0.3 is 4.90 Å². The summed E-state index contributed by atoms with van der Waals surface area (Å²) in [6, 6.07) is 8.91. The molecule has 1 aliphatic carbocycles. The van der Waals surface area contributed by atoms with Crippen LogP contribution in [0.2, 0.25) is 0 Å². The van der Waals surface area contributed by atoms with Crippen molar-refractivity contribution in [2.24, 2.45) is 5.41 Å². The number of aryl methyl sites for hydroxylation is 2. The summed E-state index contributed by atoms with van der Waals surface area (Å²) in [5.74, 6) is 0.164. The molecule has 3 heteroatoms. The van der Waals surface area contributed by atoms with Crippen LogP contribution in [0.25, 0.3) is 0 Å². The van der Waals surface area contributed by atoms with Crippen LogP contribution >= 0.6 is 0 Å². The Balaban J connectivity index is 1.68. The number of benzene rings is 1. The number of hydrogen-bond acceptors (Lipinski definition) is 2. The van der Waals surface area contributed by atoms with Gasteiger partial charge in [0.05, 0.1) is 17.9 Å². The highest BCUT2D eigenvalue weighted by Gasteiger charge is 2.33. The third-order valence-corrected chi connectivity index (χ3v) is 5.09. The van der Waals surface area contributed by atoms with Gasteiger partial charge in [0, 0.05) is 13.1 Å². The molecule has 2 aliphatic rings. The van der Waals surface area contributed by atoms with Gasteiger partial charge in [0.1, 0.15) is 0 Å². The second kappa shape index (κ2) is 6.12. The summed E-state index contributed by atoms with van der Waals surface area (Å²) in [7, 11) is 0. The predicted octanol–water partition coefficient (Wildman–Crippen LogP) is 3.26. The van der Waals surface area contributed by atoms with Crippen molar-refractivity contribution in [3.63, 3.8) is 0 Å². The summed E-state index contributed by atoms with van der Waals surface area (Å²) in [6.45, 7) is 3.33. The van der Waals surface area contributed by atoms with Crippen LogP contribution in [0.3, 0.4) is 0 Å². The van der Waals surface area contributed by atoms with E-state index in [4.69, 9.17) is 0 Å². The minimum atomic E-state index is -0.371. The van der Waals surface area contributed by atoms with E-state index in [0.29, 0.717) is 13.0 Å². The summed E-state index contributed by atoms with van der Waals surface area (Å²) in [5, 5.41) is 9.28. The second-order valence-corrected chi connectivity index (χ2v) is 7.08. The molecular weight excluding hydrogens is 272 g/mol. The fourth-order valence-electron chi connectivity index (χ4n) is 3.73. The molecule has 116 valence electrons. The second-order valence-electron chi connectivity index (χ2n) is 7.08. The molecule has 1 amide bonds. The molecule has 1 atom stereocenters. The molecule has 3 nitrogen and oxygen atoms in total. The average molecular weight is 296 g/mol. The molecule has 0 radical (unpaired) electrons. The quantitative estimate of drug-likeness (QED) is 0.841. The van der Waals surface area contributed by atoms with E-state index >= 15 is 0 Å². The minimum Gasteiger partial charge on any atom is -0.341 e. The zero-order valence-electron chi connectivity index (χ0n) is 13.4. The third kappa shape index (κ3) is 3.16. The molecule has 0 bridgehead atoms. The molecule has 1 fully saturated rings. The average Bonchev–Trinajstić information content (AvgIpc) is 2.55. The van der Waals surface area contributed by atoms with Gasteiger partial charge in [-0.15, -0.1) is 0 Å². The number of piperidine rings is 1. The Labute approximate surface area is 132 Å². The molecule has 0 N–H and O–H groups in total. The lowest BCUT2D eigenvalue weighted by Crippen LogP contribution is -2.44. The molecular formula is C19H24N2O. The lowest BCUT2D eigenvalue weighted by atomic mass is 9.83. The van der Waals surface area contributed by atoms with E-state index in [0.717, 1.165) is 31.4 Å². The van der Waals surface area contributed by atoms with Gasteiger partial charge in [-0.1, -0.05) is 18.2 Å². The standard InChI is InChI=1S/C19H24N2O/c1-19(13-20)9-4-10-21(14-19)18(22)12-15-7-8-16-5-2-3-6-17(16)11-15/h7-8,11H,2-6,9-10,12,14H2,1H3/t19-/m1/s1. The summed E-state index contributed by atoms with van der Waals surface area (Å²) in [5.41, 5.74) is 3.63. The van der Waals surface area contributed by atoms with Crippen LogP contribution in [0, 0.1) is 16.7 Å². The first-order valence-electron chi connectivity index (χ1n) is 8.39. The summed E-state index contributed by atoms with van der Waals surface area (Å²) >= 11 is 0. The lowest BCUT2D eigenvalue weighted by Gasteiger charge is -2.36. The van der Waals surface area contributed by atoms with Gasteiger partial charge in [-0.2, -0.15) is 5.26 Å². The number of likely N-dealkylation sites (tertiary alicyclic amines) is 1. The minimum absolute atomic E-state index is 0.164. The van der Waals surface area contributed by atoms with Crippen LogP contribution in [-0.2, 0) is 24.1 Å². The number of nitriles is 1. The Morgan fingerprint density at radius 2 is 2.05 bits per heavy atom. The summed E-state index contributed by atoms with van der Waals surface area (Å²) < 4.78 is 0. The molecule has 0 spiro atoms. The Bertz CT molecular complexity index is 616. The van der Waals surface area contributed by atoms with Crippen molar-refractivity contribution in [2.45, 2.75) is 51.9 Å². The number of carbonyl (C=O) groups excluding carboxylic acids is 1. The Hall–Kier alpha value is -1.82. The van der Waals surface area contributed by atoms with Crippen molar-refractivity contribution in [1.29, 1.82) is 5.26 Å².